The summed E-state index contributed by atoms with van der Waals surface area (Å²) < 4.78 is 29.1. The fourth-order valence-corrected chi connectivity index (χ4v) is 2.99. The van der Waals surface area contributed by atoms with Crippen molar-refractivity contribution in [3.8, 4) is 5.75 Å². The number of benzene rings is 1. The number of nitrogens with zero attached hydrogens (tertiary/aromatic N) is 1. The van der Waals surface area contributed by atoms with E-state index < -0.39 is 6.61 Å². The van der Waals surface area contributed by atoms with Crippen LogP contribution in [0.1, 0.15) is 29.1 Å². The minimum Gasteiger partial charge on any atom is -0.434 e. The molecule has 0 saturated heterocycles. The molecule has 1 amide bonds. The monoisotopic (exact) mass is 366 g/mol. The van der Waals surface area contributed by atoms with Gasteiger partial charge in [-0.25, -0.2) is 4.98 Å². The van der Waals surface area contributed by atoms with Gasteiger partial charge in [0, 0.05) is 29.3 Å². The van der Waals surface area contributed by atoms with Gasteiger partial charge in [-0.15, -0.1) is 11.3 Å². The average Bonchev–Trinajstić information content (AvgIpc) is 2.98. The highest BCUT2D eigenvalue weighted by atomic mass is 32.1. The van der Waals surface area contributed by atoms with E-state index >= 15 is 0 Å². The van der Waals surface area contributed by atoms with Crippen molar-refractivity contribution in [2.24, 2.45) is 0 Å². The van der Waals surface area contributed by atoms with Crippen LogP contribution in [-0.2, 0) is 11.2 Å². The first kappa shape index (κ1) is 19.1. The lowest BCUT2D eigenvalue weighted by Crippen LogP contribution is -2.22. The highest BCUT2D eigenvalue weighted by Crippen LogP contribution is 2.21. The van der Waals surface area contributed by atoms with E-state index in [9.17, 15) is 13.6 Å². The summed E-state index contributed by atoms with van der Waals surface area (Å²) in [5, 5.41) is 5.91. The quantitative estimate of drug-likeness (QED) is 0.534. The summed E-state index contributed by atoms with van der Waals surface area (Å²) in [4.78, 5) is 16.2. The molecule has 0 unspecified atom stereocenters. The van der Waals surface area contributed by atoms with Crippen LogP contribution in [0, 0.1) is 6.92 Å². The Balaban J connectivity index is 1.72. The SMILES string of the molecule is Cc1csc(CCCCNC(=O)/C=C/c2ccccc2OC(F)F)n1. The number of unbranched alkanes of at least 4 members (excludes halogenated alkanes) is 1. The molecular formula is C18H20F2N2O2S. The molecule has 25 heavy (non-hydrogen) atoms. The summed E-state index contributed by atoms with van der Waals surface area (Å²) >= 11 is 1.65. The Morgan fingerprint density at radius 3 is 2.88 bits per heavy atom. The highest BCUT2D eigenvalue weighted by Gasteiger charge is 2.07. The third kappa shape index (κ3) is 7.01. The molecule has 0 spiro atoms. The Labute approximate surface area is 149 Å². The fraction of sp³-hybridized carbons (Fsp3) is 0.333. The first-order valence-electron chi connectivity index (χ1n) is 7.95. The number of aromatic nitrogens is 1. The first-order chi connectivity index (χ1) is 12.0. The predicted molar refractivity (Wildman–Crippen MR) is 94.9 cm³/mol. The number of halogens is 2. The van der Waals surface area contributed by atoms with E-state index in [0.717, 1.165) is 30.0 Å². The number of ether oxygens (including phenoxy) is 1. The summed E-state index contributed by atoms with van der Waals surface area (Å²) in [6, 6.07) is 6.33. The molecule has 2 rings (SSSR count). The molecule has 7 heteroatoms. The van der Waals surface area contributed by atoms with Crippen LogP contribution in [0.15, 0.2) is 35.7 Å². The molecule has 0 fully saturated rings. The summed E-state index contributed by atoms with van der Waals surface area (Å²) in [5.74, 6) is -0.225. The second-order valence-corrected chi connectivity index (χ2v) is 6.32. The Hall–Kier alpha value is -2.28. The van der Waals surface area contributed by atoms with E-state index in [-0.39, 0.29) is 11.7 Å². The van der Waals surface area contributed by atoms with Crippen LogP contribution in [0.25, 0.3) is 6.08 Å². The van der Waals surface area contributed by atoms with Crippen LogP contribution in [0.2, 0.25) is 0 Å². The second-order valence-electron chi connectivity index (χ2n) is 5.38. The molecule has 2 aromatic rings. The van der Waals surface area contributed by atoms with Gasteiger partial charge in [0.2, 0.25) is 5.91 Å². The maximum atomic E-state index is 12.3. The van der Waals surface area contributed by atoms with Crippen molar-refractivity contribution in [2.75, 3.05) is 6.54 Å². The molecule has 0 atom stereocenters. The van der Waals surface area contributed by atoms with Gasteiger partial charge in [-0.1, -0.05) is 18.2 Å². The zero-order chi connectivity index (χ0) is 18.1. The van der Waals surface area contributed by atoms with Crippen molar-refractivity contribution in [1.82, 2.24) is 10.3 Å². The number of alkyl halides is 2. The molecule has 1 aromatic carbocycles. The van der Waals surface area contributed by atoms with Crippen molar-refractivity contribution in [3.63, 3.8) is 0 Å². The largest absolute Gasteiger partial charge is 0.434 e. The summed E-state index contributed by atoms with van der Waals surface area (Å²) in [7, 11) is 0. The van der Waals surface area contributed by atoms with Gasteiger partial charge in [0.05, 0.1) is 5.01 Å². The van der Waals surface area contributed by atoms with Crippen LogP contribution in [-0.4, -0.2) is 24.0 Å². The topological polar surface area (TPSA) is 51.2 Å². The molecule has 134 valence electrons. The molecule has 1 aromatic heterocycles. The van der Waals surface area contributed by atoms with Crippen LogP contribution < -0.4 is 10.1 Å². The van der Waals surface area contributed by atoms with Crippen LogP contribution in [0.4, 0.5) is 8.78 Å². The minimum atomic E-state index is -2.90. The number of carbonyl (C=O) groups excluding carboxylic acids is 1. The Morgan fingerprint density at radius 2 is 2.16 bits per heavy atom. The maximum absolute atomic E-state index is 12.3. The number of para-hydroxylation sites is 1. The molecule has 1 heterocycles. The van der Waals surface area contributed by atoms with Crippen LogP contribution in [0.5, 0.6) is 5.75 Å². The molecule has 0 aliphatic rings. The van der Waals surface area contributed by atoms with Crippen molar-refractivity contribution >= 4 is 23.3 Å². The highest BCUT2D eigenvalue weighted by molar-refractivity contribution is 7.09. The lowest BCUT2D eigenvalue weighted by molar-refractivity contribution is -0.116. The smallest absolute Gasteiger partial charge is 0.387 e. The van der Waals surface area contributed by atoms with Crippen molar-refractivity contribution in [2.45, 2.75) is 32.8 Å². The number of carbonyl (C=O) groups is 1. The number of hydrogen-bond donors (Lipinski definition) is 1. The lowest BCUT2D eigenvalue weighted by atomic mass is 10.2. The molecule has 0 bridgehead atoms. The molecule has 0 aliphatic heterocycles. The fourth-order valence-electron chi connectivity index (χ4n) is 2.18. The van der Waals surface area contributed by atoms with E-state index in [4.69, 9.17) is 0 Å². The minimum absolute atomic E-state index is 0.0419. The molecule has 1 N–H and O–H groups in total. The molecule has 0 saturated carbocycles. The summed E-state index contributed by atoms with van der Waals surface area (Å²) in [6.07, 6.45) is 5.48. The number of hydrogen-bond acceptors (Lipinski definition) is 4. The maximum Gasteiger partial charge on any atom is 0.387 e. The van der Waals surface area contributed by atoms with Gasteiger partial charge in [0.25, 0.3) is 0 Å². The van der Waals surface area contributed by atoms with Crippen LogP contribution in [0.3, 0.4) is 0 Å². The zero-order valence-electron chi connectivity index (χ0n) is 13.9. The van der Waals surface area contributed by atoms with Gasteiger partial charge in [-0.3, -0.25) is 4.79 Å². The van der Waals surface area contributed by atoms with Gasteiger partial charge < -0.3 is 10.1 Å². The first-order valence-corrected chi connectivity index (χ1v) is 8.83. The van der Waals surface area contributed by atoms with Gasteiger partial charge in [0.15, 0.2) is 0 Å². The van der Waals surface area contributed by atoms with E-state index in [1.54, 1.807) is 29.5 Å². The van der Waals surface area contributed by atoms with Gasteiger partial charge in [-0.2, -0.15) is 8.78 Å². The second kappa shape index (κ2) is 9.88. The van der Waals surface area contributed by atoms with Crippen molar-refractivity contribution in [1.29, 1.82) is 0 Å². The zero-order valence-corrected chi connectivity index (χ0v) is 14.7. The molecule has 4 nitrogen and oxygen atoms in total. The third-order valence-electron chi connectivity index (χ3n) is 3.33. The van der Waals surface area contributed by atoms with E-state index in [0.29, 0.717) is 12.1 Å². The normalized spacial score (nSPS) is 11.2. The van der Waals surface area contributed by atoms with Gasteiger partial charge >= 0.3 is 6.61 Å². The van der Waals surface area contributed by atoms with E-state index in [2.05, 4.69) is 15.0 Å². The molecule has 0 aliphatic carbocycles. The van der Waals surface area contributed by atoms with Crippen molar-refractivity contribution < 1.29 is 18.3 Å². The molecular weight excluding hydrogens is 346 g/mol. The standard InChI is InChI=1S/C18H20F2N2O2S/c1-13-12-25-17(22-13)8-4-5-11-21-16(23)10-9-14-6-2-3-7-15(14)24-18(19)20/h2-3,6-7,9-10,12,18H,4-5,8,11H2,1H3,(H,21,23)/b10-9+. The van der Waals surface area contributed by atoms with E-state index in [1.807, 2.05) is 12.3 Å². The van der Waals surface area contributed by atoms with E-state index in [1.165, 1.54) is 18.2 Å². The Bertz CT molecular complexity index is 717. The number of rotatable bonds is 9. The number of thiazole rings is 1. The average molecular weight is 366 g/mol. The number of nitrogens with one attached hydrogen (secondary N) is 1. The molecule has 0 radical (unpaired) electrons. The van der Waals surface area contributed by atoms with Crippen molar-refractivity contribution in [3.05, 3.63) is 52.0 Å². The van der Waals surface area contributed by atoms with Crippen LogP contribution >= 0.6 is 11.3 Å². The summed E-state index contributed by atoms with van der Waals surface area (Å²) in [6.45, 7) is -0.371. The number of aryl methyl sites for hydroxylation is 2. The Morgan fingerprint density at radius 1 is 1.36 bits per heavy atom. The summed E-state index contributed by atoms with van der Waals surface area (Å²) in [5.41, 5.74) is 1.46. The Kier molecular flexibility index (Phi) is 7.53. The predicted octanol–water partition coefficient (Wildman–Crippen LogP) is 4.21. The van der Waals surface area contributed by atoms with Gasteiger partial charge in [-0.05, 0) is 38.3 Å². The number of amides is 1. The lowest BCUT2D eigenvalue weighted by Gasteiger charge is -2.07. The third-order valence-corrected chi connectivity index (χ3v) is 4.36. The van der Waals surface area contributed by atoms with Gasteiger partial charge in [0.1, 0.15) is 5.75 Å².